The van der Waals surface area contributed by atoms with Crippen molar-refractivity contribution in [2.45, 2.75) is 12.5 Å². The molecule has 0 atom stereocenters. The number of hydrogen-bond acceptors (Lipinski definition) is 4. The van der Waals surface area contributed by atoms with Gasteiger partial charge in [0.05, 0.1) is 6.61 Å². The van der Waals surface area contributed by atoms with Gasteiger partial charge in [-0.1, -0.05) is 12.6 Å². The van der Waals surface area contributed by atoms with Crippen LogP contribution in [0.1, 0.15) is 6.42 Å². The summed E-state index contributed by atoms with van der Waals surface area (Å²) in [6.45, 7) is 4.21. The van der Waals surface area contributed by atoms with Gasteiger partial charge in [0, 0.05) is 30.5 Å². The van der Waals surface area contributed by atoms with Crippen LogP contribution in [0.2, 0.25) is 6.04 Å². The summed E-state index contributed by atoms with van der Waals surface area (Å²) in [6, 6.07) is 1.18. The Hall–Kier alpha value is -0.653. The van der Waals surface area contributed by atoms with Crippen LogP contribution in [0.4, 0.5) is 0 Å². The van der Waals surface area contributed by atoms with Gasteiger partial charge in [0.1, 0.15) is 6.79 Å². The Kier molecular flexibility index (Phi) is 16.8. The summed E-state index contributed by atoms with van der Waals surface area (Å²) >= 11 is 0. The second-order valence-electron chi connectivity index (χ2n) is 2.42. The first-order valence-electron chi connectivity index (χ1n) is 4.49. The Morgan fingerprint density at radius 2 is 2.00 bits per heavy atom. The van der Waals surface area contributed by atoms with Crippen molar-refractivity contribution >= 4 is 16.2 Å². The summed E-state index contributed by atoms with van der Waals surface area (Å²) in [5.74, 6) is -0.315. The van der Waals surface area contributed by atoms with E-state index in [1.54, 1.807) is 14.2 Å². The second kappa shape index (κ2) is 14.8. The SMILES string of the molecule is C=CC(=O)OCCC[SiH3].COCOC. The minimum atomic E-state index is -0.315. The summed E-state index contributed by atoms with van der Waals surface area (Å²) in [4.78, 5) is 10.4. The van der Waals surface area contributed by atoms with Crippen LogP contribution in [0.15, 0.2) is 12.7 Å². The molecule has 0 spiro atoms. The van der Waals surface area contributed by atoms with Crippen molar-refractivity contribution in [3.63, 3.8) is 0 Å². The summed E-state index contributed by atoms with van der Waals surface area (Å²) < 4.78 is 13.6. The van der Waals surface area contributed by atoms with E-state index in [1.807, 2.05) is 0 Å². The predicted molar refractivity (Wildman–Crippen MR) is 59.4 cm³/mol. The third-order valence-electron chi connectivity index (χ3n) is 1.14. The van der Waals surface area contributed by atoms with Crippen molar-refractivity contribution in [3.8, 4) is 0 Å². The van der Waals surface area contributed by atoms with E-state index in [4.69, 9.17) is 4.74 Å². The lowest BCUT2D eigenvalue weighted by atomic mass is 10.5. The maximum absolute atomic E-state index is 10.4. The lowest BCUT2D eigenvalue weighted by Gasteiger charge is -1.97. The van der Waals surface area contributed by atoms with Gasteiger partial charge >= 0.3 is 5.97 Å². The van der Waals surface area contributed by atoms with Crippen LogP contribution in [0.5, 0.6) is 0 Å². The molecule has 0 aliphatic heterocycles. The molecule has 0 saturated heterocycles. The molecule has 14 heavy (non-hydrogen) atoms. The van der Waals surface area contributed by atoms with Crippen LogP contribution < -0.4 is 0 Å². The number of carbonyl (C=O) groups excluding carboxylic acids is 1. The van der Waals surface area contributed by atoms with E-state index in [1.165, 1.54) is 22.4 Å². The number of rotatable bonds is 6. The van der Waals surface area contributed by atoms with Crippen molar-refractivity contribution in [2.75, 3.05) is 27.6 Å². The first-order chi connectivity index (χ1) is 6.72. The third-order valence-corrected chi connectivity index (χ3v) is 1.85. The fraction of sp³-hybridized carbons (Fsp3) is 0.667. The molecular formula is C9H20O4Si. The van der Waals surface area contributed by atoms with Gasteiger partial charge < -0.3 is 14.2 Å². The molecule has 84 valence electrons. The maximum Gasteiger partial charge on any atom is 0.330 e. The second-order valence-corrected chi connectivity index (χ2v) is 3.42. The Labute approximate surface area is 88.6 Å². The number of hydrogen-bond donors (Lipinski definition) is 0. The predicted octanol–water partition coefficient (Wildman–Crippen LogP) is 0.126. The van der Waals surface area contributed by atoms with E-state index >= 15 is 0 Å². The Bertz CT molecular complexity index is 137. The summed E-state index contributed by atoms with van der Waals surface area (Å²) in [7, 11) is 4.36. The standard InChI is InChI=1S/C6H12O2Si.C3H8O2/c1-2-6(7)8-4-3-5-9;1-4-3-5-2/h2H,1,3-5H2,9H3;3H2,1-2H3. The molecule has 0 aliphatic carbocycles. The highest BCUT2D eigenvalue weighted by molar-refractivity contribution is 6.08. The van der Waals surface area contributed by atoms with Gasteiger partial charge in [-0.25, -0.2) is 4.79 Å². The topological polar surface area (TPSA) is 44.8 Å². The van der Waals surface area contributed by atoms with Crippen molar-refractivity contribution in [1.29, 1.82) is 0 Å². The molecule has 0 amide bonds. The Morgan fingerprint density at radius 3 is 2.29 bits per heavy atom. The van der Waals surface area contributed by atoms with Gasteiger partial charge in [-0.2, -0.15) is 0 Å². The molecule has 0 fully saturated rings. The highest BCUT2D eigenvalue weighted by Crippen LogP contribution is 1.86. The summed E-state index contributed by atoms with van der Waals surface area (Å²) in [5.41, 5.74) is 0. The van der Waals surface area contributed by atoms with E-state index < -0.39 is 0 Å². The van der Waals surface area contributed by atoms with Crippen LogP contribution in [0, 0.1) is 0 Å². The highest BCUT2D eigenvalue weighted by atomic mass is 28.1. The van der Waals surface area contributed by atoms with Gasteiger partial charge in [0.2, 0.25) is 0 Å². The molecule has 0 aromatic heterocycles. The van der Waals surface area contributed by atoms with Gasteiger partial charge in [0.25, 0.3) is 0 Å². The average Bonchev–Trinajstić information content (AvgIpc) is 2.20. The Morgan fingerprint density at radius 1 is 1.43 bits per heavy atom. The molecule has 0 aromatic carbocycles. The molecule has 4 nitrogen and oxygen atoms in total. The molecular weight excluding hydrogens is 200 g/mol. The van der Waals surface area contributed by atoms with E-state index in [0.717, 1.165) is 6.42 Å². The fourth-order valence-corrected chi connectivity index (χ4v) is 0.783. The first-order valence-corrected chi connectivity index (χ1v) is 5.91. The molecule has 5 heteroatoms. The minimum Gasteiger partial charge on any atom is -0.463 e. The summed E-state index contributed by atoms with van der Waals surface area (Å²) in [5, 5.41) is 0. The quantitative estimate of drug-likeness (QED) is 0.210. The number of methoxy groups -OCH3 is 2. The van der Waals surface area contributed by atoms with Crippen LogP contribution in [-0.2, 0) is 19.0 Å². The van der Waals surface area contributed by atoms with Crippen LogP contribution >= 0.6 is 0 Å². The fourth-order valence-electron chi connectivity index (χ4n) is 0.494. The van der Waals surface area contributed by atoms with Gasteiger partial charge in [-0.15, -0.1) is 0 Å². The van der Waals surface area contributed by atoms with Crippen LogP contribution in [-0.4, -0.2) is 43.8 Å². The van der Waals surface area contributed by atoms with E-state index in [2.05, 4.69) is 16.1 Å². The number of ether oxygens (including phenoxy) is 3. The lowest BCUT2D eigenvalue weighted by molar-refractivity contribution is -0.137. The number of esters is 1. The zero-order valence-electron chi connectivity index (χ0n) is 9.25. The molecule has 0 aliphatic rings. The van der Waals surface area contributed by atoms with Gasteiger partial charge in [-0.05, 0) is 6.42 Å². The van der Waals surface area contributed by atoms with Gasteiger partial charge in [-0.3, -0.25) is 0 Å². The molecule has 0 rings (SSSR count). The zero-order chi connectivity index (χ0) is 11.2. The molecule has 0 radical (unpaired) electrons. The van der Waals surface area contributed by atoms with Crippen LogP contribution in [0.3, 0.4) is 0 Å². The van der Waals surface area contributed by atoms with Gasteiger partial charge in [0.15, 0.2) is 0 Å². The normalized spacial score (nSPS) is 8.71. The first kappa shape index (κ1) is 15.8. The maximum atomic E-state index is 10.4. The highest BCUT2D eigenvalue weighted by Gasteiger charge is 1.91. The van der Waals surface area contributed by atoms with E-state index in [9.17, 15) is 4.79 Å². The molecule has 0 saturated carbocycles. The van der Waals surface area contributed by atoms with Crippen molar-refractivity contribution in [2.24, 2.45) is 0 Å². The number of carbonyl (C=O) groups is 1. The van der Waals surface area contributed by atoms with E-state index in [-0.39, 0.29) is 5.97 Å². The molecule has 0 unspecified atom stereocenters. The monoisotopic (exact) mass is 220 g/mol. The molecule has 0 N–H and O–H groups in total. The van der Waals surface area contributed by atoms with Crippen molar-refractivity contribution in [3.05, 3.63) is 12.7 Å². The average molecular weight is 220 g/mol. The Balaban J connectivity index is 0. The zero-order valence-corrected chi connectivity index (χ0v) is 11.2. The smallest absolute Gasteiger partial charge is 0.330 e. The largest absolute Gasteiger partial charge is 0.463 e. The molecule has 0 heterocycles. The minimum absolute atomic E-state index is 0.315. The van der Waals surface area contributed by atoms with E-state index in [0.29, 0.717) is 13.4 Å². The van der Waals surface area contributed by atoms with Crippen molar-refractivity contribution < 1.29 is 19.0 Å². The molecule has 0 bridgehead atoms. The summed E-state index contributed by atoms with van der Waals surface area (Å²) in [6.07, 6.45) is 2.18. The third kappa shape index (κ3) is 17.4. The molecule has 0 aromatic rings. The van der Waals surface area contributed by atoms with Crippen molar-refractivity contribution in [1.82, 2.24) is 0 Å². The lowest BCUT2D eigenvalue weighted by Crippen LogP contribution is -2.00. The van der Waals surface area contributed by atoms with Crippen LogP contribution in [0.25, 0.3) is 0 Å².